The summed E-state index contributed by atoms with van der Waals surface area (Å²) in [6.07, 6.45) is 4.37. The molecule has 0 unspecified atom stereocenters. The van der Waals surface area contributed by atoms with Gasteiger partial charge in [-0.1, -0.05) is 20.8 Å². The van der Waals surface area contributed by atoms with Crippen LogP contribution in [0.3, 0.4) is 0 Å². The quantitative estimate of drug-likeness (QED) is 0.540. The van der Waals surface area contributed by atoms with Crippen molar-refractivity contribution in [2.24, 2.45) is 5.41 Å². The monoisotopic (exact) mass is 168 g/mol. The highest BCUT2D eigenvalue weighted by atomic mass is 16.2. The fourth-order valence-electron chi connectivity index (χ4n) is 1.43. The van der Waals surface area contributed by atoms with Crippen LogP contribution in [-0.4, -0.2) is 23.9 Å². The number of nitrogens with zero attached hydrogens (tertiary/aromatic N) is 1. The lowest BCUT2D eigenvalue weighted by Gasteiger charge is -2.32. The van der Waals surface area contributed by atoms with Crippen molar-refractivity contribution in [3.63, 3.8) is 0 Å². The van der Waals surface area contributed by atoms with Crippen molar-refractivity contribution in [2.75, 3.05) is 13.1 Å². The van der Waals surface area contributed by atoms with Crippen molar-refractivity contribution in [1.82, 2.24) is 4.90 Å². The Bertz CT molecular complexity index is 163. The molecular weight excluding hydrogens is 150 g/mol. The van der Waals surface area contributed by atoms with E-state index in [2.05, 4.69) is 6.42 Å². The van der Waals surface area contributed by atoms with Crippen LogP contribution in [0.15, 0.2) is 0 Å². The standard InChI is InChI=1S/C10H18NO/c1-10(2,3)9(12)11-7-5-4-6-8-11/h4H,5-8H2,1-3H3. The lowest BCUT2D eigenvalue weighted by Crippen LogP contribution is -2.42. The van der Waals surface area contributed by atoms with Crippen LogP contribution >= 0.6 is 0 Å². The van der Waals surface area contributed by atoms with Crippen LogP contribution in [0, 0.1) is 11.8 Å². The van der Waals surface area contributed by atoms with Crippen molar-refractivity contribution < 1.29 is 4.79 Å². The summed E-state index contributed by atoms with van der Waals surface area (Å²) in [7, 11) is 0. The van der Waals surface area contributed by atoms with Gasteiger partial charge in [0.15, 0.2) is 0 Å². The number of rotatable bonds is 0. The molecule has 0 saturated carbocycles. The fraction of sp³-hybridized carbons (Fsp3) is 0.800. The molecule has 0 aromatic rings. The van der Waals surface area contributed by atoms with Gasteiger partial charge < -0.3 is 4.90 Å². The second-order valence-corrected chi connectivity index (χ2v) is 4.41. The van der Waals surface area contributed by atoms with E-state index >= 15 is 0 Å². The Labute approximate surface area is 74.9 Å². The van der Waals surface area contributed by atoms with Crippen LogP contribution in [0.1, 0.15) is 33.6 Å². The van der Waals surface area contributed by atoms with Crippen molar-refractivity contribution >= 4 is 5.91 Å². The van der Waals surface area contributed by atoms with Gasteiger partial charge in [0.2, 0.25) is 5.91 Å². The lowest BCUT2D eigenvalue weighted by atomic mass is 9.93. The van der Waals surface area contributed by atoms with Crippen LogP contribution in [0.5, 0.6) is 0 Å². The molecule has 2 heteroatoms. The second kappa shape index (κ2) is 3.46. The van der Waals surface area contributed by atoms with Gasteiger partial charge in [0.1, 0.15) is 0 Å². The molecule has 0 aromatic heterocycles. The molecule has 1 radical (unpaired) electrons. The first kappa shape index (κ1) is 9.56. The number of piperidine rings is 1. The van der Waals surface area contributed by atoms with E-state index in [-0.39, 0.29) is 11.3 Å². The number of hydrogen-bond donors (Lipinski definition) is 0. The lowest BCUT2D eigenvalue weighted by molar-refractivity contribution is -0.139. The Morgan fingerprint density at radius 1 is 1.25 bits per heavy atom. The van der Waals surface area contributed by atoms with E-state index in [0.717, 1.165) is 25.9 Å². The molecule has 1 fully saturated rings. The van der Waals surface area contributed by atoms with E-state index in [1.165, 1.54) is 0 Å². The molecular formula is C10H18NO. The Morgan fingerprint density at radius 3 is 2.17 bits per heavy atom. The van der Waals surface area contributed by atoms with E-state index in [0.29, 0.717) is 0 Å². The van der Waals surface area contributed by atoms with E-state index in [1.54, 1.807) is 0 Å². The molecule has 2 nitrogen and oxygen atoms in total. The molecule has 1 rings (SSSR count). The highest BCUT2D eigenvalue weighted by molar-refractivity contribution is 5.81. The van der Waals surface area contributed by atoms with Gasteiger partial charge in [0.25, 0.3) is 0 Å². The summed E-state index contributed by atoms with van der Waals surface area (Å²) in [6, 6.07) is 0. The predicted molar refractivity (Wildman–Crippen MR) is 49.6 cm³/mol. The summed E-state index contributed by atoms with van der Waals surface area (Å²) in [5.41, 5.74) is -0.211. The minimum Gasteiger partial charge on any atom is -0.342 e. The van der Waals surface area contributed by atoms with E-state index in [1.807, 2.05) is 25.7 Å². The van der Waals surface area contributed by atoms with Gasteiger partial charge in [-0.25, -0.2) is 0 Å². The predicted octanol–water partition coefficient (Wildman–Crippen LogP) is 1.86. The molecule has 0 aromatic carbocycles. The normalized spacial score (nSPS) is 19.4. The number of hydrogen-bond acceptors (Lipinski definition) is 1. The minimum atomic E-state index is -0.211. The largest absolute Gasteiger partial charge is 0.342 e. The van der Waals surface area contributed by atoms with Crippen molar-refractivity contribution in [2.45, 2.75) is 33.6 Å². The Morgan fingerprint density at radius 2 is 1.75 bits per heavy atom. The SMILES string of the molecule is CC(C)(C)C(=O)N1CC[CH]CC1. The minimum absolute atomic E-state index is 0.211. The fourth-order valence-corrected chi connectivity index (χ4v) is 1.43. The van der Waals surface area contributed by atoms with E-state index < -0.39 is 0 Å². The van der Waals surface area contributed by atoms with E-state index in [4.69, 9.17) is 0 Å². The topological polar surface area (TPSA) is 20.3 Å². The molecule has 12 heavy (non-hydrogen) atoms. The van der Waals surface area contributed by atoms with Gasteiger partial charge in [-0.3, -0.25) is 4.79 Å². The molecule has 0 spiro atoms. The molecule has 69 valence electrons. The average molecular weight is 168 g/mol. The summed E-state index contributed by atoms with van der Waals surface area (Å²) in [4.78, 5) is 13.7. The molecule has 0 atom stereocenters. The van der Waals surface area contributed by atoms with Gasteiger partial charge in [-0.05, 0) is 19.3 Å². The van der Waals surface area contributed by atoms with Crippen LogP contribution < -0.4 is 0 Å². The van der Waals surface area contributed by atoms with Crippen LogP contribution in [-0.2, 0) is 4.79 Å². The summed E-state index contributed by atoms with van der Waals surface area (Å²) < 4.78 is 0. The molecule has 0 bridgehead atoms. The summed E-state index contributed by atoms with van der Waals surface area (Å²) in [5.74, 6) is 0.288. The first-order valence-corrected chi connectivity index (χ1v) is 4.63. The average Bonchev–Trinajstić information content (AvgIpc) is 2.03. The van der Waals surface area contributed by atoms with Crippen molar-refractivity contribution in [3.05, 3.63) is 6.42 Å². The first-order chi connectivity index (χ1) is 5.52. The zero-order valence-electron chi connectivity index (χ0n) is 8.26. The Hall–Kier alpha value is -0.530. The molecule has 0 N–H and O–H groups in total. The van der Waals surface area contributed by atoms with Gasteiger partial charge >= 0.3 is 0 Å². The Kier molecular flexibility index (Phi) is 2.76. The maximum atomic E-state index is 11.7. The van der Waals surface area contributed by atoms with Gasteiger partial charge in [-0.15, -0.1) is 0 Å². The molecule has 1 saturated heterocycles. The molecule has 0 aliphatic carbocycles. The van der Waals surface area contributed by atoms with Crippen LogP contribution in [0.4, 0.5) is 0 Å². The third-order valence-electron chi connectivity index (χ3n) is 2.14. The molecule has 1 heterocycles. The zero-order valence-corrected chi connectivity index (χ0v) is 8.26. The highest BCUT2D eigenvalue weighted by Crippen LogP contribution is 2.20. The third kappa shape index (κ3) is 2.23. The summed E-state index contributed by atoms with van der Waals surface area (Å²) in [6.45, 7) is 7.77. The third-order valence-corrected chi connectivity index (χ3v) is 2.14. The smallest absolute Gasteiger partial charge is 0.227 e. The molecule has 1 aliphatic heterocycles. The van der Waals surface area contributed by atoms with Gasteiger partial charge in [-0.2, -0.15) is 0 Å². The number of likely N-dealkylation sites (tertiary alicyclic amines) is 1. The van der Waals surface area contributed by atoms with Crippen molar-refractivity contribution in [1.29, 1.82) is 0 Å². The van der Waals surface area contributed by atoms with Gasteiger partial charge in [0.05, 0.1) is 0 Å². The number of amides is 1. The number of carbonyl (C=O) groups excluding carboxylic acids is 1. The maximum Gasteiger partial charge on any atom is 0.227 e. The number of carbonyl (C=O) groups is 1. The van der Waals surface area contributed by atoms with Crippen LogP contribution in [0.25, 0.3) is 0 Å². The second-order valence-electron chi connectivity index (χ2n) is 4.41. The summed E-state index contributed by atoms with van der Waals surface area (Å²) in [5, 5.41) is 0. The molecule has 1 aliphatic rings. The highest BCUT2D eigenvalue weighted by Gasteiger charge is 2.27. The van der Waals surface area contributed by atoms with Crippen molar-refractivity contribution in [3.8, 4) is 0 Å². The zero-order chi connectivity index (χ0) is 9.19. The van der Waals surface area contributed by atoms with Crippen LogP contribution in [0.2, 0.25) is 0 Å². The summed E-state index contributed by atoms with van der Waals surface area (Å²) >= 11 is 0. The molecule has 1 amide bonds. The Balaban J connectivity index is 2.51. The first-order valence-electron chi connectivity index (χ1n) is 4.63. The van der Waals surface area contributed by atoms with Gasteiger partial charge in [0, 0.05) is 18.5 Å². The maximum absolute atomic E-state index is 11.7. The van der Waals surface area contributed by atoms with E-state index in [9.17, 15) is 4.79 Å².